The molecule has 0 aliphatic heterocycles. The van der Waals surface area contributed by atoms with E-state index in [0.29, 0.717) is 40.5 Å². The van der Waals surface area contributed by atoms with Crippen LogP contribution in [0.3, 0.4) is 0 Å². The lowest BCUT2D eigenvalue weighted by atomic mass is 10.0. The number of fused-ring (bicyclic) bond motifs is 2. The molecule has 14 heteroatoms. The first-order valence-corrected chi connectivity index (χ1v) is 14.0. The van der Waals surface area contributed by atoms with Crippen LogP contribution in [-0.2, 0) is 23.1 Å². The number of rotatable bonds is 7. The van der Waals surface area contributed by atoms with E-state index >= 15 is 0 Å². The summed E-state index contributed by atoms with van der Waals surface area (Å²) in [5, 5.41) is 12.9. The Hall–Kier alpha value is -5.08. The summed E-state index contributed by atoms with van der Waals surface area (Å²) >= 11 is 0. The van der Waals surface area contributed by atoms with Crippen molar-refractivity contribution in [3.05, 3.63) is 83.4 Å². The number of carbonyl (C=O) groups is 1. The number of sulfonamides is 1. The van der Waals surface area contributed by atoms with Crippen LogP contribution in [0.1, 0.15) is 33.1 Å². The van der Waals surface area contributed by atoms with Crippen LogP contribution in [0.2, 0.25) is 0 Å². The zero-order valence-corrected chi connectivity index (χ0v) is 22.9. The SMILES string of the molecule is Cc1noc(C)c1C(=O)NCc1cc2cc(-c3ccc(S(N)(=O)=O)cc3)cc(Cn3cnc4c(N)ncnc43)c2[nH]1. The summed E-state index contributed by atoms with van der Waals surface area (Å²) in [6, 6.07) is 12.3. The average Bonchev–Trinajstić information content (AvgIpc) is 3.64. The number of aromatic nitrogens is 6. The van der Waals surface area contributed by atoms with Crippen LogP contribution in [-0.4, -0.2) is 44.0 Å². The highest BCUT2D eigenvalue weighted by Crippen LogP contribution is 2.30. The van der Waals surface area contributed by atoms with Crippen molar-refractivity contribution >= 4 is 43.8 Å². The molecule has 0 aliphatic carbocycles. The number of nitrogen functional groups attached to an aromatic ring is 1. The van der Waals surface area contributed by atoms with Crippen LogP contribution in [0.4, 0.5) is 5.82 Å². The topological polar surface area (TPSA) is 201 Å². The fourth-order valence-corrected chi connectivity index (χ4v) is 5.39. The fourth-order valence-electron chi connectivity index (χ4n) is 4.87. The average molecular weight is 572 g/mol. The molecule has 13 nitrogen and oxygen atoms in total. The van der Waals surface area contributed by atoms with Crippen LogP contribution in [0, 0.1) is 13.8 Å². The van der Waals surface area contributed by atoms with E-state index in [-0.39, 0.29) is 17.3 Å². The van der Waals surface area contributed by atoms with Gasteiger partial charge in [-0.25, -0.2) is 28.5 Å². The Kier molecular flexibility index (Phi) is 6.27. The lowest BCUT2D eigenvalue weighted by molar-refractivity contribution is 0.0948. The Morgan fingerprint density at radius 3 is 2.56 bits per heavy atom. The van der Waals surface area contributed by atoms with Gasteiger partial charge in [0, 0.05) is 11.1 Å². The molecular formula is C27H25N9O4S. The molecule has 4 heterocycles. The van der Waals surface area contributed by atoms with Crippen molar-refractivity contribution in [3.8, 4) is 11.1 Å². The number of hydrogen-bond acceptors (Lipinski definition) is 9. The second-order valence-corrected chi connectivity index (χ2v) is 11.2. The normalized spacial score (nSPS) is 11.9. The maximum absolute atomic E-state index is 12.8. The minimum absolute atomic E-state index is 0.0303. The molecule has 0 saturated carbocycles. The first-order valence-electron chi connectivity index (χ1n) is 12.5. The van der Waals surface area contributed by atoms with E-state index < -0.39 is 10.0 Å². The molecule has 0 radical (unpaired) electrons. The molecule has 6 aromatic rings. The highest BCUT2D eigenvalue weighted by Gasteiger charge is 2.18. The molecule has 4 aromatic heterocycles. The van der Waals surface area contributed by atoms with E-state index in [4.69, 9.17) is 15.4 Å². The maximum Gasteiger partial charge on any atom is 0.257 e. The molecule has 0 fully saturated rings. The van der Waals surface area contributed by atoms with E-state index in [2.05, 4.69) is 30.4 Å². The molecule has 2 aromatic carbocycles. The largest absolute Gasteiger partial charge is 0.382 e. The van der Waals surface area contributed by atoms with Crippen LogP contribution < -0.4 is 16.2 Å². The number of carbonyl (C=O) groups excluding carboxylic acids is 1. The summed E-state index contributed by atoms with van der Waals surface area (Å²) in [5.41, 5.74) is 12.2. The van der Waals surface area contributed by atoms with Crippen molar-refractivity contribution in [2.24, 2.45) is 5.14 Å². The van der Waals surface area contributed by atoms with E-state index in [9.17, 15) is 13.2 Å². The summed E-state index contributed by atoms with van der Waals surface area (Å²) in [4.78, 5) is 29.0. The van der Waals surface area contributed by atoms with E-state index in [1.54, 1.807) is 32.3 Å². The Morgan fingerprint density at radius 1 is 1.07 bits per heavy atom. The molecule has 0 atom stereocenters. The van der Waals surface area contributed by atoms with Gasteiger partial charge in [-0.05, 0) is 60.9 Å². The van der Waals surface area contributed by atoms with Gasteiger partial charge in [0.2, 0.25) is 10.0 Å². The number of nitrogens with zero attached hydrogens (tertiary/aromatic N) is 5. The number of anilines is 1. The van der Waals surface area contributed by atoms with Gasteiger partial charge in [0.15, 0.2) is 11.5 Å². The number of amides is 1. The Bertz CT molecular complexity index is 2040. The number of aromatic amines is 1. The van der Waals surface area contributed by atoms with Gasteiger partial charge in [-0.3, -0.25) is 4.79 Å². The first kappa shape index (κ1) is 26.2. The number of aryl methyl sites for hydroxylation is 2. The third-order valence-corrected chi connectivity index (χ3v) is 7.78. The zero-order valence-electron chi connectivity index (χ0n) is 22.0. The van der Waals surface area contributed by atoms with Crippen molar-refractivity contribution in [1.29, 1.82) is 0 Å². The predicted octanol–water partition coefficient (Wildman–Crippen LogP) is 2.79. The minimum atomic E-state index is -3.82. The minimum Gasteiger partial charge on any atom is -0.382 e. The molecule has 41 heavy (non-hydrogen) atoms. The van der Waals surface area contributed by atoms with Gasteiger partial charge >= 0.3 is 0 Å². The number of imidazole rings is 1. The Balaban J connectivity index is 1.39. The lowest BCUT2D eigenvalue weighted by Gasteiger charge is -2.10. The van der Waals surface area contributed by atoms with Gasteiger partial charge in [0.1, 0.15) is 23.2 Å². The van der Waals surface area contributed by atoms with Crippen LogP contribution in [0.25, 0.3) is 33.2 Å². The maximum atomic E-state index is 12.8. The van der Waals surface area contributed by atoms with E-state index in [0.717, 1.165) is 33.3 Å². The second kappa shape index (κ2) is 9.83. The third-order valence-electron chi connectivity index (χ3n) is 6.85. The van der Waals surface area contributed by atoms with Crippen molar-refractivity contribution in [1.82, 2.24) is 35.0 Å². The smallest absolute Gasteiger partial charge is 0.257 e. The number of benzene rings is 2. The lowest BCUT2D eigenvalue weighted by Crippen LogP contribution is -2.23. The number of nitrogens with two attached hydrogens (primary N) is 2. The molecule has 1 amide bonds. The third kappa shape index (κ3) is 4.90. The molecule has 0 unspecified atom stereocenters. The quantitative estimate of drug-likeness (QED) is 0.222. The molecular weight excluding hydrogens is 546 g/mol. The molecule has 0 aliphatic rings. The Morgan fingerprint density at radius 2 is 1.85 bits per heavy atom. The molecule has 6 N–H and O–H groups in total. The number of H-pyrrole nitrogens is 1. The standard InChI is InChI=1S/C27H25N9O4S/c1-14-22(15(2)40-35-14)27(37)30-10-20-9-18-7-17(16-3-5-21(6-4-16)41(29,38)39)8-19(23(18)34-20)11-36-13-33-24-25(28)31-12-32-26(24)36/h3-9,12-13,34H,10-11H2,1-2H3,(H,30,37)(H2,28,31,32)(H2,29,38,39). The fraction of sp³-hybridized carbons (Fsp3) is 0.148. The predicted molar refractivity (Wildman–Crippen MR) is 151 cm³/mol. The monoisotopic (exact) mass is 571 g/mol. The molecule has 0 saturated heterocycles. The van der Waals surface area contributed by atoms with Gasteiger partial charge in [0.25, 0.3) is 5.91 Å². The van der Waals surface area contributed by atoms with Crippen LogP contribution >= 0.6 is 0 Å². The van der Waals surface area contributed by atoms with Crippen molar-refractivity contribution in [2.75, 3.05) is 5.73 Å². The molecule has 0 bridgehead atoms. The number of hydrogen-bond donors (Lipinski definition) is 4. The summed E-state index contributed by atoms with van der Waals surface area (Å²) in [6.45, 7) is 4.06. The van der Waals surface area contributed by atoms with Gasteiger partial charge in [0.05, 0.1) is 35.5 Å². The second-order valence-electron chi connectivity index (χ2n) is 9.65. The highest BCUT2D eigenvalue weighted by molar-refractivity contribution is 7.89. The van der Waals surface area contributed by atoms with Gasteiger partial charge < -0.3 is 25.1 Å². The Labute approximate surface area is 233 Å². The van der Waals surface area contributed by atoms with E-state index in [1.165, 1.54) is 18.5 Å². The summed E-state index contributed by atoms with van der Waals surface area (Å²) in [6.07, 6.45) is 3.05. The van der Waals surface area contributed by atoms with Gasteiger partial charge in [-0.2, -0.15) is 0 Å². The number of nitrogens with one attached hydrogen (secondary N) is 2. The van der Waals surface area contributed by atoms with Crippen molar-refractivity contribution in [3.63, 3.8) is 0 Å². The highest BCUT2D eigenvalue weighted by atomic mass is 32.2. The molecule has 6 rings (SSSR count). The van der Waals surface area contributed by atoms with E-state index in [1.807, 2.05) is 22.8 Å². The van der Waals surface area contributed by atoms with Crippen molar-refractivity contribution in [2.45, 2.75) is 31.8 Å². The molecule has 0 spiro atoms. The van der Waals surface area contributed by atoms with Crippen molar-refractivity contribution < 1.29 is 17.7 Å². The van der Waals surface area contributed by atoms with Gasteiger partial charge in [-0.15, -0.1) is 0 Å². The summed E-state index contributed by atoms with van der Waals surface area (Å²) in [5.74, 6) is 0.464. The van der Waals surface area contributed by atoms with Crippen LogP contribution in [0.5, 0.6) is 0 Å². The summed E-state index contributed by atoms with van der Waals surface area (Å²) < 4.78 is 30.5. The zero-order chi connectivity index (χ0) is 28.9. The van der Waals surface area contributed by atoms with Gasteiger partial charge in [-0.1, -0.05) is 17.3 Å². The molecule has 208 valence electrons. The van der Waals surface area contributed by atoms with Crippen LogP contribution in [0.15, 0.2) is 64.5 Å². The first-order chi connectivity index (χ1) is 19.6. The summed E-state index contributed by atoms with van der Waals surface area (Å²) in [7, 11) is -3.82. The number of primary sulfonamides is 1.